The Morgan fingerprint density at radius 2 is 1.71 bits per heavy atom. The summed E-state index contributed by atoms with van der Waals surface area (Å²) in [5, 5.41) is 17.4. The second-order valence-corrected chi connectivity index (χ2v) is 11.1. The minimum Gasteiger partial charge on any atom is -0.380 e. The Morgan fingerprint density at radius 1 is 1.08 bits per heavy atom. The normalized spacial score (nSPS) is 18.7. The molecule has 2 aromatic carbocycles. The van der Waals surface area contributed by atoms with Gasteiger partial charge in [-0.05, 0) is 61.7 Å². The summed E-state index contributed by atoms with van der Waals surface area (Å²) in [7, 11) is 0. The Labute approximate surface area is 235 Å². The SMILES string of the molecule is C[C@@](O)(C(=O)N1CCC(N2CC(Nc3ccc(C(=O)NCC(F)F)c(Cl)c3)C2)CC1)c1cc(Cl)cc(Cl)c1. The average Bonchev–Trinajstić information content (AvgIpc) is 2.83. The van der Waals surface area contributed by atoms with Crippen molar-refractivity contribution < 1.29 is 23.5 Å². The number of halogens is 5. The van der Waals surface area contributed by atoms with Crippen LogP contribution in [-0.4, -0.2) is 78.0 Å². The van der Waals surface area contributed by atoms with E-state index in [4.69, 9.17) is 34.8 Å². The van der Waals surface area contributed by atoms with Crippen molar-refractivity contribution in [2.75, 3.05) is 38.0 Å². The van der Waals surface area contributed by atoms with Crippen LogP contribution in [0.4, 0.5) is 14.5 Å². The number of carbonyl (C=O) groups is 2. The molecule has 2 fully saturated rings. The van der Waals surface area contributed by atoms with Gasteiger partial charge in [-0.15, -0.1) is 0 Å². The molecular weight excluding hydrogens is 561 g/mol. The highest BCUT2D eigenvalue weighted by atomic mass is 35.5. The van der Waals surface area contributed by atoms with Crippen LogP contribution in [0.1, 0.15) is 35.7 Å². The molecule has 0 unspecified atom stereocenters. The van der Waals surface area contributed by atoms with E-state index >= 15 is 0 Å². The first-order valence-electron chi connectivity index (χ1n) is 12.3. The van der Waals surface area contributed by atoms with E-state index in [-0.39, 0.29) is 22.5 Å². The Balaban J connectivity index is 1.24. The van der Waals surface area contributed by atoms with E-state index < -0.39 is 24.5 Å². The lowest BCUT2D eigenvalue weighted by atomic mass is 9.92. The molecule has 0 saturated carbocycles. The predicted octanol–water partition coefficient (Wildman–Crippen LogP) is 4.64. The maximum absolute atomic E-state index is 13.1. The molecule has 0 aromatic heterocycles. The van der Waals surface area contributed by atoms with Crippen LogP contribution >= 0.6 is 34.8 Å². The minimum absolute atomic E-state index is 0.145. The Hall–Kier alpha value is -2.17. The molecule has 3 N–H and O–H groups in total. The van der Waals surface area contributed by atoms with Crippen LogP contribution in [0.2, 0.25) is 15.1 Å². The van der Waals surface area contributed by atoms with Crippen molar-refractivity contribution in [1.82, 2.24) is 15.1 Å². The third-order valence-electron chi connectivity index (χ3n) is 7.02. The van der Waals surface area contributed by atoms with Gasteiger partial charge < -0.3 is 20.6 Å². The van der Waals surface area contributed by atoms with Gasteiger partial charge in [0.1, 0.15) is 0 Å². The largest absolute Gasteiger partial charge is 0.380 e. The van der Waals surface area contributed by atoms with Crippen molar-refractivity contribution in [2.45, 2.75) is 43.9 Å². The lowest BCUT2D eigenvalue weighted by Crippen LogP contribution is -2.61. The van der Waals surface area contributed by atoms with Crippen LogP contribution in [0.15, 0.2) is 36.4 Å². The standard InChI is InChI=1S/C26H29Cl3F2N4O3/c1-26(38,15-8-16(27)10-17(28)9-15)25(37)34-6-4-20(5-7-34)35-13-19(14-35)33-18-2-3-21(22(29)11-18)24(36)32-12-23(30)31/h2-3,8-11,19-20,23,33,38H,4-7,12-14H2,1H3,(H,32,36)/t26-/m0/s1. The molecule has 0 aliphatic carbocycles. The quantitative estimate of drug-likeness (QED) is 0.418. The summed E-state index contributed by atoms with van der Waals surface area (Å²) in [5.41, 5.74) is -0.477. The highest BCUT2D eigenvalue weighted by Crippen LogP contribution is 2.31. The number of amides is 2. The molecule has 2 heterocycles. The second kappa shape index (κ2) is 11.9. The minimum atomic E-state index is -2.63. The molecule has 4 rings (SSSR count). The van der Waals surface area contributed by atoms with Crippen molar-refractivity contribution in [3.63, 3.8) is 0 Å². The zero-order chi connectivity index (χ0) is 27.6. The fourth-order valence-corrected chi connectivity index (χ4v) is 5.68. The Bertz CT molecular complexity index is 1170. The van der Waals surface area contributed by atoms with Crippen LogP contribution in [0, 0.1) is 0 Å². The number of anilines is 1. The summed E-state index contributed by atoms with van der Waals surface area (Å²) in [5.74, 6) is -1.01. The summed E-state index contributed by atoms with van der Waals surface area (Å²) in [6.07, 6.45) is -1.05. The number of nitrogens with zero attached hydrogens (tertiary/aromatic N) is 2. The second-order valence-electron chi connectivity index (χ2n) is 9.84. The molecule has 2 saturated heterocycles. The predicted molar refractivity (Wildman–Crippen MR) is 144 cm³/mol. The van der Waals surface area contributed by atoms with Gasteiger partial charge in [0.2, 0.25) is 0 Å². The van der Waals surface area contributed by atoms with Gasteiger partial charge in [-0.25, -0.2) is 8.78 Å². The molecule has 206 valence electrons. The van der Waals surface area contributed by atoms with Gasteiger partial charge in [-0.3, -0.25) is 14.5 Å². The molecule has 1 atom stereocenters. The molecule has 12 heteroatoms. The van der Waals surface area contributed by atoms with Crippen molar-refractivity contribution >= 4 is 52.3 Å². The smallest absolute Gasteiger partial charge is 0.258 e. The summed E-state index contributed by atoms with van der Waals surface area (Å²) < 4.78 is 24.6. The van der Waals surface area contributed by atoms with Crippen LogP contribution in [0.5, 0.6) is 0 Å². The molecular formula is C26H29Cl3F2N4O3. The van der Waals surface area contributed by atoms with E-state index in [0.29, 0.717) is 34.7 Å². The van der Waals surface area contributed by atoms with Crippen LogP contribution < -0.4 is 10.6 Å². The Kier molecular flexibility index (Phi) is 9.04. The van der Waals surface area contributed by atoms with Gasteiger partial charge in [-0.2, -0.15) is 0 Å². The zero-order valence-electron chi connectivity index (χ0n) is 20.7. The number of hydrogen-bond donors (Lipinski definition) is 3. The van der Waals surface area contributed by atoms with E-state index in [1.165, 1.54) is 13.0 Å². The lowest BCUT2D eigenvalue weighted by molar-refractivity contribution is -0.152. The molecule has 0 spiro atoms. The molecule has 0 bridgehead atoms. The first kappa shape index (κ1) is 28.8. The molecule has 2 aliphatic rings. The van der Waals surface area contributed by atoms with E-state index in [2.05, 4.69) is 15.5 Å². The number of piperidine rings is 1. The summed E-state index contributed by atoms with van der Waals surface area (Å²) in [6.45, 7) is 3.43. The first-order valence-corrected chi connectivity index (χ1v) is 13.4. The van der Waals surface area contributed by atoms with Gasteiger partial charge in [0.05, 0.1) is 23.2 Å². The number of likely N-dealkylation sites (tertiary alicyclic amines) is 2. The number of carbonyl (C=O) groups excluding carboxylic acids is 2. The van der Waals surface area contributed by atoms with Crippen molar-refractivity contribution in [1.29, 1.82) is 0 Å². The van der Waals surface area contributed by atoms with Crippen molar-refractivity contribution in [3.05, 3.63) is 62.6 Å². The van der Waals surface area contributed by atoms with Crippen LogP contribution in [-0.2, 0) is 10.4 Å². The maximum Gasteiger partial charge on any atom is 0.258 e. The number of rotatable bonds is 8. The molecule has 7 nitrogen and oxygen atoms in total. The van der Waals surface area contributed by atoms with Crippen LogP contribution in [0.3, 0.4) is 0 Å². The Morgan fingerprint density at radius 3 is 2.29 bits per heavy atom. The third kappa shape index (κ3) is 6.69. The van der Waals surface area contributed by atoms with Gasteiger partial charge in [0.15, 0.2) is 5.60 Å². The zero-order valence-corrected chi connectivity index (χ0v) is 23.0. The van der Waals surface area contributed by atoms with Crippen LogP contribution in [0.25, 0.3) is 0 Å². The highest BCUT2D eigenvalue weighted by molar-refractivity contribution is 6.35. The number of aliphatic hydroxyl groups is 1. The fraction of sp³-hybridized carbons (Fsp3) is 0.462. The van der Waals surface area contributed by atoms with Crippen molar-refractivity contribution in [2.24, 2.45) is 0 Å². The van der Waals surface area contributed by atoms with E-state index in [1.807, 2.05) is 0 Å². The maximum atomic E-state index is 13.1. The molecule has 2 amide bonds. The van der Waals surface area contributed by atoms with Gasteiger partial charge in [0, 0.05) is 48.0 Å². The summed E-state index contributed by atoms with van der Waals surface area (Å²) in [4.78, 5) is 29.1. The van der Waals surface area contributed by atoms with E-state index in [9.17, 15) is 23.5 Å². The molecule has 0 radical (unpaired) electrons. The van der Waals surface area contributed by atoms with Gasteiger partial charge >= 0.3 is 0 Å². The van der Waals surface area contributed by atoms with E-state index in [0.717, 1.165) is 31.6 Å². The van der Waals surface area contributed by atoms with Gasteiger partial charge in [0.25, 0.3) is 18.2 Å². The lowest BCUT2D eigenvalue weighted by Gasteiger charge is -2.48. The number of hydrogen-bond acceptors (Lipinski definition) is 5. The van der Waals surface area contributed by atoms with Crippen molar-refractivity contribution in [3.8, 4) is 0 Å². The average molecular weight is 590 g/mol. The summed E-state index contributed by atoms with van der Waals surface area (Å²) >= 11 is 18.3. The number of benzene rings is 2. The monoisotopic (exact) mass is 588 g/mol. The highest BCUT2D eigenvalue weighted by Gasteiger charge is 2.40. The molecule has 2 aromatic rings. The fourth-order valence-electron chi connectivity index (χ4n) is 4.89. The number of alkyl halides is 2. The van der Waals surface area contributed by atoms with E-state index in [1.54, 1.807) is 35.2 Å². The third-order valence-corrected chi connectivity index (χ3v) is 7.77. The summed E-state index contributed by atoms with van der Waals surface area (Å²) in [6, 6.07) is 10.0. The topological polar surface area (TPSA) is 84.9 Å². The first-order chi connectivity index (χ1) is 17.9. The number of nitrogens with one attached hydrogen (secondary N) is 2. The molecule has 2 aliphatic heterocycles. The molecule has 38 heavy (non-hydrogen) atoms. The van der Waals surface area contributed by atoms with Gasteiger partial charge in [-0.1, -0.05) is 34.8 Å².